The number of aliphatic hydroxyl groups is 1. The Hall–Kier alpha value is -2.44. The highest BCUT2D eigenvalue weighted by Crippen LogP contribution is 2.47. The van der Waals surface area contributed by atoms with Gasteiger partial charge in [0.05, 0.1) is 23.8 Å². The molecule has 0 aliphatic heterocycles. The highest BCUT2D eigenvalue weighted by Gasteiger charge is 2.32. The van der Waals surface area contributed by atoms with Gasteiger partial charge in [0.2, 0.25) is 0 Å². The normalized spacial score (nSPS) is 15.9. The van der Waals surface area contributed by atoms with Gasteiger partial charge < -0.3 is 5.11 Å². The van der Waals surface area contributed by atoms with E-state index in [-0.39, 0.29) is 0 Å². The number of thiazole rings is 1. The molecule has 1 fully saturated rings. The number of aromatic nitrogens is 4. The Labute approximate surface area is 142 Å². The van der Waals surface area contributed by atoms with E-state index in [2.05, 4.69) is 10.1 Å². The molecular weight excluding hydrogens is 320 g/mol. The second-order valence-corrected chi connectivity index (χ2v) is 7.25. The lowest BCUT2D eigenvalue weighted by molar-refractivity contribution is 0.213. The van der Waals surface area contributed by atoms with Crippen molar-refractivity contribution in [2.75, 3.05) is 0 Å². The molecule has 5 nitrogen and oxygen atoms in total. The first-order valence-electron chi connectivity index (χ1n) is 8.04. The van der Waals surface area contributed by atoms with Crippen LogP contribution >= 0.6 is 11.3 Å². The quantitative estimate of drug-likeness (QED) is 0.620. The minimum absolute atomic E-state index is 0.587. The van der Waals surface area contributed by atoms with Gasteiger partial charge in [0, 0.05) is 16.6 Å². The van der Waals surface area contributed by atoms with Crippen LogP contribution in [0.2, 0.25) is 0 Å². The van der Waals surface area contributed by atoms with Gasteiger partial charge in [0.15, 0.2) is 0 Å². The van der Waals surface area contributed by atoms with Crippen molar-refractivity contribution in [1.82, 2.24) is 19.2 Å². The number of rotatable bonds is 4. The first kappa shape index (κ1) is 13.9. The molecule has 1 aromatic carbocycles. The zero-order chi connectivity index (χ0) is 16.1. The van der Waals surface area contributed by atoms with Crippen molar-refractivity contribution in [1.29, 1.82) is 0 Å². The molecule has 0 spiro atoms. The van der Waals surface area contributed by atoms with Crippen molar-refractivity contribution < 1.29 is 5.11 Å². The van der Waals surface area contributed by atoms with Gasteiger partial charge in [-0.05, 0) is 30.9 Å². The summed E-state index contributed by atoms with van der Waals surface area (Å²) in [5.74, 6) is 0.587. The first-order chi connectivity index (χ1) is 11.8. The third kappa shape index (κ3) is 2.18. The summed E-state index contributed by atoms with van der Waals surface area (Å²) in [5, 5.41) is 15.4. The van der Waals surface area contributed by atoms with E-state index in [1.807, 2.05) is 47.1 Å². The number of hydrogen-bond acceptors (Lipinski definition) is 4. The van der Waals surface area contributed by atoms with Crippen LogP contribution < -0.4 is 0 Å². The molecule has 0 amide bonds. The SMILES string of the molecule is OC(c1cnn(-c2ccccc2)c1)c1c(C2CC2)sc2cncn12. The van der Waals surface area contributed by atoms with Crippen molar-refractivity contribution in [3.63, 3.8) is 0 Å². The first-order valence-corrected chi connectivity index (χ1v) is 8.85. The lowest BCUT2D eigenvalue weighted by Gasteiger charge is -2.10. The second kappa shape index (κ2) is 5.29. The minimum Gasteiger partial charge on any atom is -0.382 e. The van der Waals surface area contributed by atoms with Crippen molar-refractivity contribution in [2.24, 2.45) is 0 Å². The Morgan fingerprint density at radius 2 is 2.00 bits per heavy atom. The standard InChI is InChI=1S/C18H16N4OS/c23-17(13-8-20-22(10-13)14-4-2-1-3-5-14)16-18(12-6-7-12)24-15-9-19-11-21(15)16/h1-5,8-12,17,23H,6-7H2. The highest BCUT2D eigenvalue weighted by molar-refractivity contribution is 7.17. The Morgan fingerprint density at radius 3 is 2.79 bits per heavy atom. The molecule has 4 aromatic rings. The maximum absolute atomic E-state index is 11.0. The van der Waals surface area contributed by atoms with E-state index in [0.29, 0.717) is 5.92 Å². The summed E-state index contributed by atoms with van der Waals surface area (Å²) < 4.78 is 3.82. The van der Waals surface area contributed by atoms with Gasteiger partial charge >= 0.3 is 0 Å². The fourth-order valence-electron chi connectivity index (χ4n) is 3.09. The number of imidazole rings is 1. The van der Waals surface area contributed by atoms with E-state index < -0.39 is 6.10 Å². The van der Waals surface area contributed by atoms with Gasteiger partial charge in [-0.2, -0.15) is 5.10 Å². The Kier molecular flexibility index (Phi) is 3.08. The Balaban J connectivity index is 1.57. The van der Waals surface area contributed by atoms with Crippen LogP contribution in [0.1, 0.15) is 41.0 Å². The van der Waals surface area contributed by atoms with Crippen LogP contribution in [0.25, 0.3) is 10.5 Å². The molecule has 6 heteroatoms. The molecule has 0 saturated heterocycles. The van der Waals surface area contributed by atoms with Gasteiger partial charge in [0.25, 0.3) is 0 Å². The van der Waals surface area contributed by atoms with Crippen molar-refractivity contribution in [2.45, 2.75) is 24.9 Å². The number of nitrogens with zero attached hydrogens (tertiary/aromatic N) is 4. The summed E-state index contributed by atoms with van der Waals surface area (Å²) in [5.41, 5.74) is 2.73. The molecule has 1 N–H and O–H groups in total. The maximum atomic E-state index is 11.0. The second-order valence-electron chi connectivity index (χ2n) is 6.18. The predicted molar refractivity (Wildman–Crippen MR) is 92.7 cm³/mol. The number of hydrogen-bond donors (Lipinski definition) is 1. The smallest absolute Gasteiger partial charge is 0.124 e. The molecule has 3 aromatic heterocycles. The summed E-state index contributed by atoms with van der Waals surface area (Å²) in [7, 11) is 0. The van der Waals surface area contributed by atoms with Crippen molar-refractivity contribution in [3.05, 3.63) is 71.4 Å². The van der Waals surface area contributed by atoms with Gasteiger partial charge in [-0.25, -0.2) is 9.67 Å². The van der Waals surface area contributed by atoms with Gasteiger partial charge in [-0.1, -0.05) is 18.2 Å². The fraction of sp³-hybridized carbons (Fsp3) is 0.222. The van der Waals surface area contributed by atoms with Gasteiger partial charge in [0.1, 0.15) is 17.3 Å². The highest BCUT2D eigenvalue weighted by atomic mass is 32.1. The average molecular weight is 336 g/mol. The van der Waals surface area contributed by atoms with Crippen molar-refractivity contribution in [3.8, 4) is 5.69 Å². The lowest BCUT2D eigenvalue weighted by Crippen LogP contribution is -2.04. The topological polar surface area (TPSA) is 55.4 Å². The number of fused-ring (bicyclic) bond motifs is 1. The monoisotopic (exact) mass is 336 g/mol. The zero-order valence-corrected chi connectivity index (χ0v) is 13.7. The summed E-state index contributed by atoms with van der Waals surface area (Å²) >= 11 is 1.74. The molecule has 1 aliphatic rings. The molecule has 1 atom stereocenters. The third-order valence-corrected chi connectivity index (χ3v) is 5.75. The molecule has 3 heterocycles. The minimum atomic E-state index is -0.694. The molecular formula is C18H16N4OS. The summed E-state index contributed by atoms with van der Waals surface area (Å²) in [6, 6.07) is 9.93. The molecule has 0 bridgehead atoms. The number of benzene rings is 1. The summed E-state index contributed by atoms with van der Waals surface area (Å²) in [4.78, 5) is 6.58. The average Bonchev–Trinajstić information content (AvgIpc) is 3.04. The van der Waals surface area contributed by atoms with E-state index in [1.54, 1.807) is 28.5 Å². The van der Waals surface area contributed by atoms with Crippen LogP contribution in [0, 0.1) is 0 Å². The maximum Gasteiger partial charge on any atom is 0.124 e. The van der Waals surface area contributed by atoms with E-state index >= 15 is 0 Å². The van der Waals surface area contributed by atoms with Crippen molar-refractivity contribution >= 4 is 16.2 Å². The summed E-state index contributed by atoms with van der Waals surface area (Å²) in [6.07, 6.45) is 9.02. The molecule has 1 unspecified atom stereocenters. The number of aliphatic hydroxyl groups excluding tert-OH is 1. The van der Waals surface area contributed by atoms with E-state index in [1.165, 1.54) is 17.7 Å². The van der Waals surface area contributed by atoms with Crippen LogP contribution in [-0.2, 0) is 0 Å². The third-order valence-electron chi connectivity index (χ3n) is 4.48. The van der Waals surface area contributed by atoms with E-state index in [0.717, 1.165) is 21.8 Å². The van der Waals surface area contributed by atoms with E-state index in [4.69, 9.17) is 0 Å². The molecule has 1 aliphatic carbocycles. The lowest BCUT2D eigenvalue weighted by atomic mass is 10.1. The van der Waals surface area contributed by atoms with Crippen LogP contribution in [0.15, 0.2) is 55.2 Å². The van der Waals surface area contributed by atoms with Crippen LogP contribution in [0.5, 0.6) is 0 Å². The molecule has 24 heavy (non-hydrogen) atoms. The molecule has 1 saturated carbocycles. The molecule has 0 radical (unpaired) electrons. The predicted octanol–water partition coefficient (Wildman–Crippen LogP) is 3.54. The Bertz CT molecular complexity index is 997. The van der Waals surface area contributed by atoms with Crippen LogP contribution in [0.3, 0.4) is 0 Å². The van der Waals surface area contributed by atoms with Gasteiger partial charge in [-0.3, -0.25) is 4.40 Å². The van der Waals surface area contributed by atoms with E-state index in [9.17, 15) is 5.11 Å². The largest absolute Gasteiger partial charge is 0.382 e. The zero-order valence-electron chi connectivity index (χ0n) is 12.9. The van der Waals surface area contributed by atoms with Crippen LogP contribution in [0.4, 0.5) is 0 Å². The van der Waals surface area contributed by atoms with Gasteiger partial charge in [-0.15, -0.1) is 11.3 Å². The summed E-state index contributed by atoms with van der Waals surface area (Å²) in [6.45, 7) is 0. The Morgan fingerprint density at radius 1 is 1.17 bits per heavy atom. The number of para-hydroxylation sites is 1. The molecule has 5 rings (SSSR count). The van der Waals surface area contributed by atoms with Crippen LogP contribution in [-0.4, -0.2) is 24.3 Å². The molecule has 120 valence electrons. The fourth-order valence-corrected chi connectivity index (χ4v) is 4.38.